The first-order valence-electron chi connectivity index (χ1n) is 8.44. The van der Waals surface area contributed by atoms with Crippen LogP contribution < -0.4 is 11.2 Å². The fraction of sp³-hybridized carbons (Fsp3) is 0.667. The minimum Gasteiger partial charge on any atom is -0.390 e. The molecule has 1 fully saturated rings. The number of aromatic nitrogens is 2. The first-order chi connectivity index (χ1) is 14.7. The highest BCUT2D eigenvalue weighted by molar-refractivity contribution is 7.82. The number of halogens is 4. The molecule has 1 aromatic rings. The number of ether oxygens (including phenoxy) is 1. The summed E-state index contributed by atoms with van der Waals surface area (Å²) in [5, 5.41) is -2.60. The molecule has 0 radical (unpaired) electrons. The Balaban J connectivity index is 2.23. The maximum Gasteiger partial charge on any atom is 0.424 e. The summed E-state index contributed by atoms with van der Waals surface area (Å²) in [5.41, 5.74) is -1.69. The summed E-state index contributed by atoms with van der Waals surface area (Å²) in [7, 11) is -21.6. The average molecular weight is 550 g/mol. The van der Waals surface area contributed by atoms with Gasteiger partial charge in [0.05, 0.1) is 12.7 Å². The third kappa shape index (κ3) is 4.82. The van der Waals surface area contributed by atoms with Crippen LogP contribution in [0.2, 0.25) is 0 Å². The van der Waals surface area contributed by atoms with Crippen molar-refractivity contribution in [3.05, 3.63) is 32.6 Å². The van der Waals surface area contributed by atoms with Crippen LogP contribution in [0.25, 0.3) is 0 Å². The number of nitrogens with one attached hydrogen (secondary N) is 1. The number of aryl methyl sites for hydroxylation is 1. The van der Waals surface area contributed by atoms with Crippen LogP contribution in [0.1, 0.15) is 18.2 Å². The molecule has 0 aromatic carbocycles. The van der Waals surface area contributed by atoms with Gasteiger partial charge in [0.15, 0.2) is 0 Å². The number of alkyl halides is 4. The molecule has 190 valence electrons. The molecule has 0 amide bonds. The molecule has 0 spiro atoms. The number of aromatic amines is 1. The Bertz CT molecular complexity index is 1180. The second-order valence-electron chi connectivity index (χ2n) is 6.87. The fourth-order valence-electron chi connectivity index (χ4n) is 2.60. The van der Waals surface area contributed by atoms with Gasteiger partial charge in [0.2, 0.25) is 0 Å². The van der Waals surface area contributed by atoms with Gasteiger partial charge in [0.1, 0.15) is 12.3 Å². The van der Waals surface area contributed by atoms with Crippen molar-refractivity contribution in [2.24, 2.45) is 0 Å². The standard InChI is InChI=1S/C12H17F4N2O12P3/c1-5-3-18(10(21)17-9(5)20)8-2-6(19)7(30-8)4-29-33(27,28)12(15,16)31(22,23)11(13,14)32(24,25)26/h3,6-8,19H,2,4H2,1H3,(H,22,23)(H,27,28)(H,17,20,21)(H2,24,25,26)/t6-,7+,8+/m0/s1. The van der Waals surface area contributed by atoms with Gasteiger partial charge in [-0.1, -0.05) is 0 Å². The van der Waals surface area contributed by atoms with Gasteiger partial charge in [-0.15, -0.1) is 0 Å². The van der Waals surface area contributed by atoms with Crippen molar-refractivity contribution in [2.75, 3.05) is 6.61 Å². The minimum absolute atomic E-state index is 0.0385. The van der Waals surface area contributed by atoms with Crippen LogP contribution in [0, 0.1) is 6.92 Å². The SMILES string of the molecule is Cc1cn([C@H]2C[C@H](O)[C@@H](COP(=O)(O)C(F)(F)P(=O)(O)C(F)(F)P(=O)(O)O)O2)c(=O)[nH]c1=O. The number of hydrogen-bond donors (Lipinski definition) is 6. The normalized spacial score (nSPS) is 26.1. The maximum atomic E-state index is 14.1. The predicted octanol–water partition coefficient (Wildman–Crippen LogP) is 0.244. The number of nitrogens with zero attached hydrogens (tertiary/aromatic N) is 1. The van der Waals surface area contributed by atoms with E-state index in [-0.39, 0.29) is 5.56 Å². The molecule has 1 aliphatic rings. The molecule has 0 aliphatic carbocycles. The van der Waals surface area contributed by atoms with Crippen molar-refractivity contribution in [2.45, 2.75) is 42.6 Å². The van der Waals surface area contributed by atoms with E-state index in [2.05, 4.69) is 4.52 Å². The Morgan fingerprint density at radius 2 is 1.70 bits per heavy atom. The van der Waals surface area contributed by atoms with Crippen LogP contribution in [0.15, 0.2) is 15.8 Å². The smallest absolute Gasteiger partial charge is 0.390 e. The molecule has 2 heterocycles. The highest BCUT2D eigenvalue weighted by Gasteiger charge is 2.79. The van der Waals surface area contributed by atoms with Crippen LogP contribution >= 0.6 is 22.6 Å². The molecule has 5 atom stereocenters. The molecule has 2 rings (SSSR count). The monoisotopic (exact) mass is 550 g/mol. The lowest BCUT2D eigenvalue weighted by Crippen LogP contribution is -2.34. The van der Waals surface area contributed by atoms with Gasteiger partial charge < -0.3 is 33.9 Å². The zero-order valence-electron chi connectivity index (χ0n) is 16.1. The molecule has 14 nitrogen and oxygen atoms in total. The summed E-state index contributed by atoms with van der Waals surface area (Å²) >= 11 is 0. The predicted molar refractivity (Wildman–Crippen MR) is 98.1 cm³/mol. The van der Waals surface area contributed by atoms with E-state index >= 15 is 0 Å². The Morgan fingerprint density at radius 1 is 1.15 bits per heavy atom. The summed E-state index contributed by atoms with van der Waals surface area (Å²) in [6.45, 7) is -0.148. The van der Waals surface area contributed by atoms with Gasteiger partial charge in [-0.2, -0.15) is 17.6 Å². The second kappa shape index (κ2) is 8.79. The van der Waals surface area contributed by atoms with Crippen LogP contribution in [0.5, 0.6) is 0 Å². The van der Waals surface area contributed by atoms with Crippen molar-refractivity contribution in [3.63, 3.8) is 0 Å². The molecule has 1 aliphatic heterocycles. The highest BCUT2D eigenvalue weighted by atomic mass is 31.3. The maximum absolute atomic E-state index is 14.1. The number of H-pyrrole nitrogens is 1. The fourth-order valence-corrected chi connectivity index (χ4v) is 7.37. The number of aliphatic hydroxyl groups excluding tert-OH is 1. The van der Waals surface area contributed by atoms with Gasteiger partial charge in [0.25, 0.3) is 5.56 Å². The zero-order chi connectivity index (χ0) is 25.8. The molecule has 0 bridgehead atoms. The molecular formula is C12H17F4N2O12P3. The van der Waals surface area contributed by atoms with Crippen molar-refractivity contribution in [1.29, 1.82) is 0 Å². The molecule has 21 heteroatoms. The van der Waals surface area contributed by atoms with Gasteiger partial charge in [-0.05, 0) is 6.92 Å². The largest absolute Gasteiger partial charge is 0.424 e. The topological polar surface area (TPSA) is 226 Å². The summed E-state index contributed by atoms with van der Waals surface area (Å²) < 4.78 is 99.1. The van der Waals surface area contributed by atoms with Crippen molar-refractivity contribution < 1.29 is 65.2 Å². The first kappa shape index (κ1) is 28.1. The third-order valence-corrected chi connectivity index (χ3v) is 11.0. The van der Waals surface area contributed by atoms with E-state index in [1.54, 1.807) is 0 Å². The minimum atomic E-state index is -7.75. The lowest BCUT2D eigenvalue weighted by atomic mass is 10.2. The average Bonchev–Trinajstić information content (AvgIpc) is 3.02. The molecule has 2 unspecified atom stereocenters. The van der Waals surface area contributed by atoms with Crippen LogP contribution in [-0.4, -0.2) is 63.9 Å². The van der Waals surface area contributed by atoms with E-state index in [4.69, 9.17) is 19.4 Å². The van der Waals surface area contributed by atoms with Crippen LogP contribution in [0.4, 0.5) is 17.6 Å². The second-order valence-corrected chi connectivity index (χ2v) is 13.4. The lowest BCUT2D eigenvalue weighted by Gasteiger charge is -2.31. The summed E-state index contributed by atoms with van der Waals surface area (Å²) in [6, 6.07) is 0. The van der Waals surface area contributed by atoms with Gasteiger partial charge in [-0.3, -0.25) is 28.0 Å². The molecule has 6 N–H and O–H groups in total. The summed E-state index contributed by atoms with van der Waals surface area (Å²) in [5.74, 6) is 0. The van der Waals surface area contributed by atoms with Crippen molar-refractivity contribution in [3.8, 4) is 0 Å². The van der Waals surface area contributed by atoms with E-state index in [0.29, 0.717) is 0 Å². The zero-order valence-corrected chi connectivity index (χ0v) is 18.8. The van der Waals surface area contributed by atoms with Gasteiger partial charge in [0, 0.05) is 18.2 Å². The van der Waals surface area contributed by atoms with Gasteiger partial charge >= 0.3 is 39.1 Å². The molecule has 33 heavy (non-hydrogen) atoms. The summed E-state index contributed by atoms with van der Waals surface area (Å²) in [6.07, 6.45) is -4.14. The molecule has 1 saturated heterocycles. The Kier molecular flexibility index (Phi) is 7.47. The van der Waals surface area contributed by atoms with E-state index in [1.165, 1.54) is 6.92 Å². The number of aliphatic hydroxyl groups is 1. The van der Waals surface area contributed by atoms with E-state index in [0.717, 1.165) is 10.8 Å². The van der Waals surface area contributed by atoms with E-state index in [1.807, 2.05) is 4.98 Å². The Labute approximate surface area is 179 Å². The highest BCUT2D eigenvalue weighted by Crippen LogP contribution is 2.85. The van der Waals surface area contributed by atoms with Crippen molar-refractivity contribution >= 4 is 22.6 Å². The lowest BCUT2D eigenvalue weighted by molar-refractivity contribution is -0.0457. The molecule has 0 saturated carbocycles. The van der Waals surface area contributed by atoms with Gasteiger partial charge in [-0.25, -0.2) is 4.79 Å². The Hall–Kier alpha value is -1.19. The number of rotatable bonds is 8. The van der Waals surface area contributed by atoms with Crippen LogP contribution in [0.3, 0.4) is 0 Å². The summed E-state index contributed by atoms with van der Waals surface area (Å²) in [4.78, 5) is 60.5. The number of hydrogen-bond acceptors (Lipinski definition) is 8. The Morgan fingerprint density at radius 3 is 2.21 bits per heavy atom. The molecule has 1 aromatic heterocycles. The van der Waals surface area contributed by atoms with Crippen LogP contribution in [-0.2, 0) is 23.0 Å². The van der Waals surface area contributed by atoms with E-state index in [9.17, 15) is 50.8 Å². The van der Waals surface area contributed by atoms with Crippen molar-refractivity contribution in [1.82, 2.24) is 9.55 Å². The molecular weight excluding hydrogens is 533 g/mol. The third-order valence-electron chi connectivity index (χ3n) is 4.49. The first-order valence-corrected chi connectivity index (χ1v) is 13.3. The van der Waals surface area contributed by atoms with E-state index < -0.39 is 76.1 Å². The quantitative estimate of drug-likeness (QED) is 0.189.